The lowest BCUT2D eigenvalue weighted by Gasteiger charge is -2.38. The molecule has 1 amide bonds. The monoisotopic (exact) mass is 295 g/mol. The van der Waals surface area contributed by atoms with Crippen LogP contribution in [0, 0.1) is 5.41 Å². The van der Waals surface area contributed by atoms with E-state index in [0.29, 0.717) is 12.6 Å². The first-order valence-electron chi connectivity index (χ1n) is 8.58. The van der Waals surface area contributed by atoms with E-state index in [2.05, 4.69) is 22.5 Å². The minimum absolute atomic E-state index is 0.157. The highest BCUT2D eigenvalue weighted by Gasteiger charge is 2.38. The Morgan fingerprint density at radius 3 is 3.00 bits per heavy atom. The van der Waals surface area contributed by atoms with Crippen molar-refractivity contribution < 1.29 is 9.53 Å². The number of amides is 1. The Labute approximate surface area is 127 Å². The standard InChI is InChI=1S/C16H29N3O2/c1-2-16(5-7-17-8-6-16)15(20)18-10-14-11-19-9-3-4-13(19)12-21-14/h13-14,17H,2-12H2,1H3,(H,18,20). The van der Waals surface area contributed by atoms with E-state index >= 15 is 0 Å². The third-order valence-corrected chi connectivity index (χ3v) is 5.67. The maximum atomic E-state index is 12.6. The quantitative estimate of drug-likeness (QED) is 0.803. The molecule has 5 heteroatoms. The van der Waals surface area contributed by atoms with E-state index in [1.807, 2.05) is 0 Å². The highest BCUT2D eigenvalue weighted by atomic mass is 16.5. The van der Waals surface area contributed by atoms with Crippen molar-refractivity contribution in [2.75, 3.05) is 39.3 Å². The van der Waals surface area contributed by atoms with Gasteiger partial charge in [-0.2, -0.15) is 0 Å². The molecule has 120 valence electrons. The minimum atomic E-state index is -0.157. The van der Waals surface area contributed by atoms with Crippen LogP contribution in [0.25, 0.3) is 0 Å². The molecular weight excluding hydrogens is 266 g/mol. The van der Waals surface area contributed by atoms with Crippen LogP contribution in [0.3, 0.4) is 0 Å². The maximum Gasteiger partial charge on any atom is 0.226 e. The first-order chi connectivity index (χ1) is 10.2. The van der Waals surface area contributed by atoms with Crippen LogP contribution in [0.4, 0.5) is 0 Å². The molecule has 0 aromatic rings. The van der Waals surface area contributed by atoms with E-state index in [-0.39, 0.29) is 17.4 Å². The van der Waals surface area contributed by atoms with Gasteiger partial charge in [0.15, 0.2) is 0 Å². The van der Waals surface area contributed by atoms with Crippen molar-refractivity contribution in [3.05, 3.63) is 0 Å². The number of hydrogen-bond acceptors (Lipinski definition) is 4. The predicted octanol–water partition coefficient (Wildman–Crippen LogP) is 0.746. The molecule has 0 aromatic carbocycles. The lowest BCUT2D eigenvalue weighted by molar-refractivity contribution is -0.134. The van der Waals surface area contributed by atoms with E-state index in [4.69, 9.17) is 4.74 Å². The zero-order chi connectivity index (χ0) is 14.7. The number of hydrogen-bond donors (Lipinski definition) is 2. The van der Waals surface area contributed by atoms with Gasteiger partial charge in [-0.25, -0.2) is 0 Å². The Morgan fingerprint density at radius 2 is 2.24 bits per heavy atom. The Balaban J connectivity index is 1.49. The molecule has 2 unspecified atom stereocenters. The van der Waals surface area contributed by atoms with Gasteiger partial charge in [0.25, 0.3) is 0 Å². The summed E-state index contributed by atoms with van der Waals surface area (Å²) < 4.78 is 5.93. The second-order valence-electron chi connectivity index (χ2n) is 6.84. The number of nitrogens with one attached hydrogen (secondary N) is 2. The molecule has 0 bridgehead atoms. The number of carbonyl (C=O) groups is 1. The Morgan fingerprint density at radius 1 is 1.43 bits per heavy atom. The van der Waals surface area contributed by atoms with Crippen LogP contribution in [0.5, 0.6) is 0 Å². The van der Waals surface area contributed by atoms with E-state index in [1.54, 1.807) is 0 Å². The number of nitrogens with zero attached hydrogens (tertiary/aromatic N) is 1. The summed E-state index contributed by atoms with van der Waals surface area (Å²) in [5.74, 6) is 0.235. The third kappa shape index (κ3) is 3.25. The van der Waals surface area contributed by atoms with Crippen LogP contribution < -0.4 is 10.6 Å². The van der Waals surface area contributed by atoms with Gasteiger partial charge in [0.05, 0.1) is 18.1 Å². The van der Waals surface area contributed by atoms with Gasteiger partial charge in [0.2, 0.25) is 5.91 Å². The lowest BCUT2D eigenvalue weighted by Crippen LogP contribution is -2.53. The zero-order valence-corrected chi connectivity index (χ0v) is 13.2. The molecule has 0 spiro atoms. The Bertz CT molecular complexity index is 369. The summed E-state index contributed by atoms with van der Waals surface area (Å²) in [7, 11) is 0. The number of carbonyl (C=O) groups excluding carboxylic acids is 1. The Kier molecular flexibility index (Phi) is 4.82. The topological polar surface area (TPSA) is 53.6 Å². The number of fused-ring (bicyclic) bond motifs is 1. The molecule has 21 heavy (non-hydrogen) atoms. The fourth-order valence-electron chi connectivity index (χ4n) is 4.05. The molecule has 3 fully saturated rings. The number of piperidine rings is 1. The van der Waals surface area contributed by atoms with Crippen molar-refractivity contribution >= 4 is 5.91 Å². The minimum Gasteiger partial charge on any atom is -0.373 e. The van der Waals surface area contributed by atoms with Crippen molar-refractivity contribution in [3.63, 3.8) is 0 Å². The number of morpholine rings is 1. The average Bonchev–Trinajstić information content (AvgIpc) is 3.00. The molecule has 0 saturated carbocycles. The van der Waals surface area contributed by atoms with Crippen molar-refractivity contribution in [2.24, 2.45) is 5.41 Å². The normalized spacial score (nSPS) is 32.6. The van der Waals surface area contributed by atoms with Crippen LogP contribution >= 0.6 is 0 Å². The molecule has 2 N–H and O–H groups in total. The van der Waals surface area contributed by atoms with Crippen LogP contribution in [-0.2, 0) is 9.53 Å². The van der Waals surface area contributed by atoms with E-state index in [0.717, 1.165) is 45.5 Å². The summed E-state index contributed by atoms with van der Waals surface area (Å²) in [6.45, 7) is 7.72. The molecule has 5 nitrogen and oxygen atoms in total. The molecule has 0 radical (unpaired) electrons. The van der Waals surface area contributed by atoms with Gasteiger partial charge in [0, 0.05) is 19.1 Å². The van der Waals surface area contributed by atoms with E-state index in [1.165, 1.54) is 19.4 Å². The van der Waals surface area contributed by atoms with Crippen LogP contribution in [0.15, 0.2) is 0 Å². The van der Waals surface area contributed by atoms with Crippen molar-refractivity contribution in [1.29, 1.82) is 0 Å². The maximum absolute atomic E-state index is 12.6. The summed E-state index contributed by atoms with van der Waals surface area (Å²) in [6.07, 6.45) is 5.56. The van der Waals surface area contributed by atoms with E-state index in [9.17, 15) is 4.79 Å². The highest BCUT2D eigenvalue weighted by molar-refractivity contribution is 5.82. The van der Waals surface area contributed by atoms with E-state index < -0.39 is 0 Å². The molecule has 3 aliphatic rings. The smallest absolute Gasteiger partial charge is 0.226 e. The lowest BCUT2D eigenvalue weighted by atomic mass is 9.76. The summed E-state index contributed by atoms with van der Waals surface area (Å²) in [5.41, 5.74) is -0.157. The van der Waals surface area contributed by atoms with Crippen molar-refractivity contribution in [3.8, 4) is 0 Å². The Hall–Kier alpha value is -0.650. The first kappa shape index (κ1) is 15.3. The fourth-order valence-corrected chi connectivity index (χ4v) is 4.05. The molecule has 3 heterocycles. The van der Waals surface area contributed by atoms with Gasteiger partial charge in [-0.3, -0.25) is 9.69 Å². The molecule has 3 saturated heterocycles. The van der Waals surface area contributed by atoms with Gasteiger partial charge in [-0.15, -0.1) is 0 Å². The van der Waals surface area contributed by atoms with Gasteiger partial charge < -0.3 is 15.4 Å². The van der Waals surface area contributed by atoms with Crippen LogP contribution in [0.1, 0.15) is 39.0 Å². The zero-order valence-electron chi connectivity index (χ0n) is 13.2. The van der Waals surface area contributed by atoms with Gasteiger partial charge >= 0.3 is 0 Å². The third-order valence-electron chi connectivity index (χ3n) is 5.67. The number of rotatable bonds is 4. The highest BCUT2D eigenvalue weighted by Crippen LogP contribution is 2.32. The summed E-state index contributed by atoms with van der Waals surface area (Å²) >= 11 is 0. The van der Waals surface area contributed by atoms with Crippen LogP contribution in [-0.4, -0.2) is 62.3 Å². The fraction of sp³-hybridized carbons (Fsp3) is 0.938. The first-order valence-corrected chi connectivity index (χ1v) is 8.58. The predicted molar refractivity (Wildman–Crippen MR) is 82.2 cm³/mol. The molecule has 0 aromatic heterocycles. The van der Waals surface area contributed by atoms with Gasteiger partial charge in [-0.05, 0) is 51.7 Å². The largest absolute Gasteiger partial charge is 0.373 e. The average molecular weight is 295 g/mol. The second kappa shape index (κ2) is 6.63. The number of ether oxygens (including phenoxy) is 1. The molecule has 0 aliphatic carbocycles. The second-order valence-corrected chi connectivity index (χ2v) is 6.84. The molecular formula is C16H29N3O2. The SMILES string of the molecule is CCC1(C(=O)NCC2CN3CCCC3CO2)CCNCC1. The van der Waals surface area contributed by atoms with Gasteiger partial charge in [0.1, 0.15) is 0 Å². The summed E-state index contributed by atoms with van der Waals surface area (Å²) in [4.78, 5) is 15.1. The molecule has 3 rings (SSSR count). The van der Waals surface area contributed by atoms with Crippen LogP contribution in [0.2, 0.25) is 0 Å². The summed E-state index contributed by atoms with van der Waals surface area (Å²) in [6, 6.07) is 0.628. The van der Waals surface area contributed by atoms with Crippen molar-refractivity contribution in [1.82, 2.24) is 15.5 Å². The van der Waals surface area contributed by atoms with Gasteiger partial charge in [-0.1, -0.05) is 6.92 Å². The van der Waals surface area contributed by atoms with Crippen molar-refractivity contribution in [2.45, 2.75) is 51.2 Å². The summed E-state index contributed by atoms with van der Waals surface area (Å²) in [5, 5.41) is 6.52. The molecule has 3 aliphatic heterocycles. The molecule has 2 atom stereocenters.